The largest absolute Gasteiger partial charge is 0.388 e. The van der Waals surface area contributed by atoms with E-state index in [1.807, 2.05) is 12.1 Å². The van der Waals surface area contributed by atoms with Gasteiger partial charge in [-0.2, -0.15) is 0 Å². The summed E-state index contributed by atoms with van der Waals surface area (Å²) in [7, 11) is 0. The third kappa shape index (κ3) is 3.25. The van der Waals surface area contributed by atoms with Crippen LogP contribution in [0.25, 0.3) is 0 Å². The molecule has 0 spiro atoms. The number of pyridine rings is 1. The fraction of sp³-hybridized carbons (Fsp3) is 0.538. The zero-order valence-corrected chi connectivity index (χ0v) is 11.6. The molecule has 1 aliphatic rings. The summed E-state index contributed by atoms with van der Waals surface area (Å²) in [6.45, 7) is 6.87. The Balaban J connectivity index is 2.11. The molecule has 1 fully saturated rings. The maximum absolute atomic E-state index is 5.72. The number of nitrogens with two attached hydrogens (primary N) is 1. The number of rotatable bonds is 3. The van der Waals surface area contributed by atoms with Gasteiger partial charge < -0.3 is 10.5 Å². The molecule has 1 aromatic heterocycles. The van der Waals surface area contributed by atoms with Crippen LogP contribution in [0.5, 0.6) is 0 Å². The molecule has 1 aromatic rings. The number of ether oxygens (including phenoxy) is 1. The molecule has 0 amide bonds. The van der Waals surface area contributed by atoms with Crippen LogP contribution < -0.4 is 5.73 Å². The Kier molecular flexibility index (Phi) is 4.27. The van der Waals surface area contributed by atoms with Gasteiger partial charge in [-0.15, -0.1) is 0 Å². The lowest BCUT2D eigenvalue weighted by molar-refractivity contribution is -0.0705. The monoisotopic (exact) mass is 265 g/mol. The van der Waals surface area contributed by atoms with Gasteiger partial charge in [0.15, 0.2) is 0 Å². The fourth-order valence-corrected chi connectivity index (χ4v) is 2.63. The van der Waals surface area contributed by atoms with Crippen molar-refractivity contribution in [3.8, 4) is 0 Å². The maximum atomic E-state index is 5.72. The summed E-state index contributed by atoms with van der Waals surface area (Å²) < 4.78 is 5.72. The minimum atomic E-state index is 0.263. The zero-order chi connectivity index (χ0) is 13.1. The summed E-state index contributed by atoms with van der Waals surface area (Å²) >= 11 is 5.04. The molecule has 98 valence electrons. The van der Waals surface area contributed by atoms with Crippen molar-refractivity contribution in [2.45, 2.75) is 32.6 Å². The first-order valence-corrected chi connectivity index (χ1v) is 6.58. The quantitative estimate of drug-likeness (QED) is 0.836. The Bertz CT molecular complexity index is 428. The van der Waals surface area contributed by atoms with Crippen LogP contribution in [0.4, 0.5) is 0 Å². The van der Waals surface area contributed by atoms with E-state index >= 15 is 0 Å². The zero-order valence-electron chi connectivity index (χ0n) is 10.8. The summed E-state index contributed by atoms with van der Waals surface area (Å²) in [5.74, 6) is 0. The molecular weight excluding hydrogens is 246 g/mol. The van der Waals surface area contributed by atoms with Crippen molar-refractivity contribution in [1.29, 1.82) is 0 Å². The van der Waals surface area contributed by atoms with Gasteiger partial charge >= 0.3 is 0 Å². The van der Waals surface area contributed by atoms with Crippen LogP contribution >= 0.6 is 12.2 Å². The van der Waals surface area contributed by atoms with Crippen molar-refractivity contribution >= 4 is 17.2 Å². The lowest BCUT2D eigenvalue weighted by Gasteiger charge is -2.35. The van der Waals surface area contributed by atoms with Gasteiger partial charge in [-0.1, -0.05) is 18.3 Å². The van der Waals surface area contributed by atoms with Crippen molar-refractivity contribution in [1.82, 2.24) is 9.88 Å². The Labute approximate surface area is 113 Å². The molecule has 2 heterocycles. The van der Waals surface area contributed by atoms with E-state index in [9.17, 15) is 0 Å². The number of aromatic nitrogens is 1. The molecular formula is C13H19N3OS. The molecule has 0 bridgehead atoms. The first-order valence-electron chi connectivity index (χ1n) is 6.17. The van der Waals surface area contributed by atoms with Crippen LogP contribution in [-0.2, 0) is 11.3 Å². The molecule has 0 radical (unpaired) electrons. The van der Waals surface area contributed by atoms with E-state index in [1.165, 1.54) is 0 Å². The van der Waals surface area contributed by atoms with Gasteiger partial charge in [0.1, 0.15) is 10.7 Å². The van der Waals surface area contributed by atoms with Gasteiger partial charge in [0, 0.05) is 25.8 Å². The van der Waals surface area contributed by atoms with E-state index in [1.54, 1.807) is 6.20 Å². The Morgan fingerprint density at radius 2 is 2.17 bits per heavy atom. The molecule has 2 unspecified atom stereocenters. The molecule has 18 heavy (non-hydrogen) atoms. The van der Waals surface area contributed by atoms with E-state index in [0.717, 1.165) is 30.9 Å². The van der Waals surface area contributed by atoms with Gasteiger partial charge in [-0.25, -0.2) is 0 Å². The lowest BCUT2D eigenvalue weighted by atomic mass is 10.1. The first kappa shape index (κ1) is 13.4. The molecule has 4 nitrogen and oxygen atoms in total. The van der Waals surface area contributed by atoms with Gasteiger partial charge in [-0.3, -0.25) is 9.88 Å². The van der Waals surface area contributed by atoms with E-state index < -0.39 is 0 Å². The first-order chi connectivity index (χ1) is 8.56. The second-order valence-electron chi connectivity index (χ2n) is 4.83. The average molecular weight is 265 g/mol. The molecule has 2 rings (SSSR count). The topological polar surface area (TPSA) is 51.4 Å². The number of hydrogen-bond acceptors (Lipinski definition) is 4. The molecule has 1 aliphatic heterocycles. The normalized spacial score (nSPS) is 25.0. The van der Waals surface area contributed by atoms with Crippen LogP contribution in [0.15, 0.2) is 18.3 Å². The highest BCUT2D eigenvalue weighted by atomic mass is 32.1. The minimum absolute atomic E-state index is 0.263. The van der Waals surface area contributed by atoms with Gasteiger partial charge in [0.05, 0.1) is 12.2 Å². The van der Waals surface area contributed by atoms with Crippen molar-refractivity contribution in [3.05, 3.63) is 29.6 Å². The van der Waals surface area contributed by atoms with Crippen LogP contribution in [0.2, 0.25) is 0 Å². The van der Waals surface area contributed by atoms with E-state index in [0.29, 0.717) is 4.99 Å². The van der Waals surface area contributed by atoms with E-state index in [4.69, 9.17) is 22.7 Å². The third-order valence-corrected chi connectivity index (χ3v) is 3.21. The predicted molar refractivity (Wildman–Crippen MR) is 75.4 cm³/mol. The number of hydrogen-bond donors (Lipinski definition) is 1. The maximum Gasteiger partial charge on any atom is 0.123 e. The van der Waals surface area contributed by atoms with Crippen LogP contribution in [0.1, 0.15) is 25.1 Å². The predicted octanol–water partition coefficient (Wildman–Crippen LogP) is 1.33. The van der Waals surface area contributed by atoms with Gasteiger partial charge in [0.25, 0.3) is 0 Å². The van der Waals surface area contributed by atoms with Crippen LogP contribution in [0, 0.1) is 0 Å². The fourth-order valence-electron chi connectivity index (χ4n) is 2.44. The minimum Gasteiger partial charge on any atom is -0.388 e. The second-order valence-corrected chi connectivity index (χ2v) is 5.27. The summed E-state index contributed by atoms with van der Waals surface area (Å²) in [6, 6.07) is 3.96. The van der Waals surface area contributed by atoms with Gasteiger partial charge in [0.2, 0.25) is 0 Å². The van der Waals surface area contributed by atoms with Gasteiger partial charge in [-0.05, 0) is 25.5 Å². The summed E-state index contributed by atoms with van der Waals surface area (Å²) in [5.41, 5.74) is 7.52. The standard InChI is InChI=1S/C13H19N3OS/c1-9-6-16(7-10(2)17-9)8-11-4-3-5-15-12(11)13(14)18/h3-5,9-10H,6-8H2,1-2H3,(H2,14,18). The molecule has 0 saturated carbocycles. The Morgan fingerprint density at radius 3 is 2.78 bits per heavy atom. The molecule has 2 N–H and O–H groups in total. The van der Waals surface area contributed by atoms with E-state index in [-0.39, 0.29) is 12.2 Å². The highest BCUT2D eigenvalue weighted by Gasteiger charge is 2.23. The third-order valence-electron chi connectivity index (χ3n) is 3.01. The highest BCUT2D eigenvalue weighted by Crippen LogP contribution is 2.15. The van der Waals surface area contributed by atoms with Crippen molar-refractivity contribution in [3.63, 3.8) is 0 Å². The smallest absolute Gasteiger partial charge is 0.123 e. The molecule has 1 saturated heterocycles. The van der Waals surface area contributed by atoms with Crippen molar-refractivity contribution in [2.24, 2.45) is 5.73 Å². The summed E-state index contributed by atoms with van der Waals surface area (Å²) in [6.07, 6.45) is 2.25. The highest BCUT2D eigenvalue weighted by molar-refractivity contribution is 7.80. The summed E-state index contributed by atoms with van der Waals surface area (Å²) in [5, 5.41) is 0. The molecule has 2 atom stereocenters. The molecule has 0 aliphatic carbocycles. The lowest BCUT2D eigenvalue weighted by Crippen LogP contribution is -2.45. The van der Waals surface area contributed by atoms with Crippen LogP contribution in [-0.4, -0.2) is 40.2 Å². The Hall–Kier alpha value is -1.04. The van der Waals surface area contributed by atoms with Crippen molar-refractivity contribution in [2.75, 3.05) is 13.1 Å². The number of thiocarbonyl (C=S) groups is 1. The van der Waals surface area contributed by atoms with E-state index in [2.05, 4.69) is 23.7 Å². The van der Waals surface area contributed by atoms with Crippen LogP contribution in [0.3, 0.4) is 0 Å². The number of nitrogens with zero attached hydrogens (tertiary/aromatic N) is 2. The second kappa shape index (κ2) is 5.73. The average Bonchev–Trinajstić information content (AvgIpc) is 2.27. The molecule has 0 aromatic carbocycles. The Morgan fingerprint density at radius 1 is 1.50 bits per heavy atom. The van der Waals surface area contributed by atoms with Crippen molar-refractivity contribution < 1.29 is 4.74 Å². The molecule has 5 heteroatoms. The number of morpholine rings is 1. The summed E-state index contributed by atoms with van der Waals surface area (Å²) in [4.78, 5) is 6.98. The SMILES string of the molecule is CC1CN(Cc2cccnc2C(N)=S)CC(C)O1.